The second-order valence-corrected chi connectivity index (χ2v) is 11.6. The normalized spacial score (nSPS) is 25.6. The average molecular weight is 520 g/mol. The van der Waals surface area contributed by atoms with Crippen LogP contribution in [0.15, 0.2) is 30.5 Å². The van der Waals surface area contributed by atoms with E-state index in [1.165, 1.54) is 35.9 Å². The number of aromatic nitrogens is 3. The number of esters is 1. The highest BCUT2D eigenvalue weighted by Crippen LogP contribution is 2.66. The van der Waals surface area contributed by atoms with Crippen molar-refractivity contribution in [3.8, 4) is 5.69 Å². The second kappa shape index (κ2) is 8.63. The minimum atomic E-state index is -0.851. The summed E-state index contributed by atoms with van der Waals surface area (Å²) in [5, 5.41) is 9.63. The zero-order chi connectivity index (χ0) is 26.2. The number of carbonyl (C=O) groups excluding carboxylic acids is 1. The molecule has 3 aliphatic rings. The number of H-pyrrole nitrogens is 1. The van der Waals surface area contributed by atoms with Crippen LogP contribution in [0.4, 0.5) is 8.78 Å². The van der Waals surface area contributed by atoms with Crippen molar-refractivity contribution in [3.05, 3.63) is 58.9 Å². The first-order valence-corrected chi connectivity index (χ1v) is 13.5. The molecular formula is C30H31F2N3O3. The largest absolute Gasteiger partial charge is 0.469 e. The number of hydrogen-bond acceptors (Lipinski definition) is 4. The Morgan fingerprint density at radius 2 is 1.87 bits per heavy atom. The summed E-state index contributed by atoms with van der Waals surface area (Å²) >= 11 is 0. The summed E-state index contributed by atoms with van der Waals surface area (Å²) in [6, 6.07) is 6.33. The van der Waals surface area contributed by atoms with Crippen molar-refractivity contribution in [2.75, 3.05) is 20.3 Å². The lowest BCUT2D eigenvalue weighted by Gasteiger charge is -2.57. The monoisotopic (exact) mass is 519 g/mol. The molecule has 198 valence electrons. The Kier molecular flexibility index (Phi) is 5.41. The molecule has 3 heterocycles. The van der Waals surface area contributed by atoms with E-state index in [0.29, 0.717) is 24.8 Å². The molecule has 1 aliphatic heterocycles. The number of nitrogens with one attached hydrogen (secondary N) is 1. The van der Waals surface area contributed by atoms with Gasteiger partial charge in [-0.1, -0.05) is 0 Å². The number of ether oxygens (including phenoxy) is 2. The summed E-state index contributed by atoms with van der Waals surface area (Å²) in [6.45, 7) is 3.49. The van der Waals surface area contributed by atoms with E-state index < -0.39 is 11.6 Å². The lowest BCUT2D eigenvalue weighted by Crippen LogP contribution is -2.49. The van der Waals surface area contributed by atoms with E-state index >= 15 is 0 Å². The van der Waals surface area contributed by atoms with Gasteiger partial charge in [0.25, 0.3) is 0 Å². The molecular weight excluding hydrogens is 488 g/mol. The van der Waals surface area contributed by atoms with Crippen LogP contribution in [0.2, 0.25) is 0 Å². The number of fused-ring (bicyclic) bond motifs is 2. The zero-order valence-corrected chi connectivity index (χ0v) is 21.7. The molecule has 7 rings (SSSR count). The summed E-state index contributed by atoms with van der Waals surface area (Å²) < 4.78 is 41.5. The van der Waals surface area contributed by atoms with Gasteiger partial charge in [-0.15, -0.1) is 0 Å². The maximum absolute atomic E-state index is 14.6. The third-order valence-corrected chi connectivity index (χ3v) is 9.42. The number of aromatic amines is 1. The summed E-state index contributed by atoms with van der Waals surface area (Å²) in [6.07, 6.45) is 7.39. The smallest absolute Gasteiger partial charge is 0.308 e. The van der Waals surface area contributed by atoms with Crippen LogP contribution in [0, 0.1) is 29.9 Å². The fourth-order valence-corrected chi connectivity index (χ4v) is 7.67. The van der Waals surface area contributed by atoms with Gasteiger partial charge in [0.15, 0.2) is 11.6 Å². The van der Waals surface area contributed by atoms with E-state index in [9.17, 15) is 13.6 Å². The number of aryl methyl sites for hydroxylation is 1. The van der Waals surface area contributed by atoms with Crippen molar-refractivity contribution in [1.29, 1.82) is 0 Å². The predicted molar refractivity (Wildman–Crippen MR) is 140 cm³/mol. The minimum absolute atomic E-state index is 0.00537. The van der Waals surface area contributed by atoms with Gasteiger partial charge < -0.3 is 14.0 Å². The Balaban J connectivity index is 1.43. The van der Waals surface area contributed by atoms with E-state index in [1.807, 2.05) is 6.20 Å². The lowest BCUT2D eigenvalue weighted by atomic mass is 9.47. The molecule has 1 saturated heterocycles. The first-order chi connectivity index (χ1) is 18.4. The number of hydrogen-bond donors (Lipinski definition) is 1. The molecule has 2 saturated carbocycles. The number of methoxy groups -OCH3 is 1. The van der Waals surface area contributed by atoms with E-state index in [4.69, 9.17) is 9.47 Å². The third kappa shape index (κ3) is 3.45. The van der Waals surface area contributed by atoms with Gasteiger partial charge in [-0.05, 0) is 86.1 Å². The van der Waals surface area contributed by atoms with Gasteiger partial charge in [-0.2, -0.15) is 5.10 Å². The van der Waals surface area contributed by atoms with Gasteiger partial charge in [0.05, 0.1) is 30.3 Å². The van der Waals surface area contributed by atoms with Crippen molar-refractivity contribution in [2.45, 2.75) is 57.3 Å². The van der Waals surface area contributed by atoms with Crippen molar-refractivity contribution >= 4 is 27.8 Å². The van der Waals surface area contributed by atoms with Gasteiger partial charge in [0, 0.05) is 47.4 Å². The van der Waals surface area contributed by atoms with E-state index in [-0.39, 0.29) is 23.2 Å². The Hall–Kier alpha value is -3.26. The molecule has 0 unspecified atom stereocenters. The Morgan fingerprint density at radius 3 is 2.58 bits per heavy atom. The standard InChI is InChI=1S/C30H31F2N3O3/c1-16-25-24(9-18-15-33-34-27(16)18)35(21-3-4-22(31)23(32)10-21)28(17-5-7-38-8-6-17)26(25)19-11-30(12-19)13-20(14-30)29(36)37-2/h3-4,9-10,15,17,19-20H,5-8,11-14H2,1-2H3,(H,33,34). The predicted octanol–water partition coefficient (Wildman–Crippen LogP) is 6.43. The van der Waals surface area contributed by atoms with Crippen LogP contribution >= 0.6 is 0 Å². The van der Waals surface area contributed by atoms with Gasteiger partial charge >= 0.3 is 5.97 Å². The molecule has 0 bridgehead atoms. The highest BCUT2D eigenvalue weighted by atomic mass is 19.2. The third-order valence-electron chi connectivity index (χ3n) is 9.42. The molecule has 0 atom stereocenters. The number of benzene rings is 2. The molecule has 2 aliphatic carbocycles. The number of nitrogens with zero attached hydrogens (tertiary/aromatic N) is 2. The lowest BCUT2D eigenvalue weighted by molar-refractivity contribution is -0.159. The summed E-state index contributed by atoms with van der Waals surface area (Å²) in [5.41, 5.74) is 6.47. The van der Waals surface area contributed by atoms with Crippen molar-refractivity contribution in [3.63, 3.8) is 0 Å². The van der Waals surface area contributed by atoms with Crippen molar-refractivity contribution in [2.24, 2.45) is 11.3 Å². The van der Waals surface area contributed by atoms with Crippen LogP contribution in [0.5, 0.6) is 0 Å². The minimum Gasteiger partial charge on any atom is -0.469 e. The first kappa shape index (κ1) is 23.8. The van der Waals surface area contributed by atoms with E-state index in [0.717, 1.165) is 60.5 Å². The highest BCUT2D eigenvalue weighted by Gasteiger charge is 2.56. The SMILES string of the molecule is COC(=O)C1CC2(C1)CC(c1c(C3CCOCC3)n(-c3ccc(F)c(F)c3)c3cc4cn[nH]c4c(C)c13)C2. The Morgan fingerprint density at radius 1 is 1.11 bits per heavy atom. The van der Waals surface area contributed by atoms with Crippen molar-refractivity contribution in [1.82, 2.24) is 14.8 Å². The number of carbonyl (C=O) groups is 1. The summed E-state index contributed by atoms with van der Waals surface area (Å²) in [7, 11) is 1.46. The molecule has 1 spiro atoms. The van der Waals surface area contributed by atoms with Gasteiger partial charge in [-0.25, -0.2) is 8.78 Å². The highest BCUT2D eigenvalue weighted by molar-refractivity contribution is 6.02. The Labute approximate surface area is 219 Å². The van der Waals surface area contributed by atoms with Crippen LogP contribution in [0.1, 0.15) is 67.2 Å². The van der Waals surface area contributed by atoms with E-state index in [1.54, 1.807) is 6.07 Å². The molecule has 4 aromatic rings. The quantitative estimate of drug-likeness (QED) is 0.315. The van der Waals surface area contributed by atoms with Crippen LogP contribution in [-0.2, 0) is 14.3 Å². The molecule has 8 heteroatoms. The van der Waals surface area contributed by atoms with Crippen LogP contribution in [0.3, 0.4) is 0 Å². The van der Waals surface area contributed by atoms with Crippen molar-refractivity contribution < 1.29 is 23.0 Å². The number of halogens is 2. The first-order valence-electron chi connectivity index (χ1n) is 13.5. The molecule has 0 radical (unpaired) electrons. The topological polar surface area (TPSA) is 69.1 Å². The molecule has 3 fully saturated rings. The Bertz CT molecular complexity index is 1570. The van der Waals surface area contributed by atoms with Gasteiger partial charge in [0.2, 0.25) is 0 Å². The summed E-state index contributed by atoms with van der Waals surface area (Å²) in [5.74, 6) is -1.22. The fraction of sp³-hybridized carbons (Fsp3) is 0.467. The zero-order valence-electron chi connectivity index (χ0n) is 21.7. The maximum Gasteiger partial charge on any atom is 0.308 e. The van der Waals surface area contributed by atoms with Gasteiger partial charge in [0.1, 0.15) is 0 Å². The number of rotatable bonds is 4. The van der Waals surface area contributed by atoms with Crippen LogP contribution in [-0.4, -0.2) is 41.1 Å². The molecule has 38 heavy (non-hydrogen) atoms. The van der Waals surface area contributed by atoms with Gasteiger partial charge in [-0.3, -0.25) is 9.89 Å². The summed E-state index contributed by atoms with van der Waals surface area (Å²) in [4.78, 5) is 12.1. The molecule has 2 aromatic carbocycles. The maximum atomic E-state index is 14.6. The molecule has 6 nitrogen and oxygen atoms in total. The molecule has 2 aromatic heterocycles. The average Bonchev–Trinajstić information content (AvgIpc) is 3.48. The van der Waals surface area contributed by atoms with Crippen LogP contribution in [0.25, 0.3) is 27.5 Å². The molecule has 0 amide bonds. The van der Waals surface area contributed by atoms with E-state index in [2.05, 4.69) is 27.8 Å². The molecule has 1 N–H and O–H groups in total. The van der Waals surface area contributed by atoms with Crippen LogP contribution < -0.4 is 0 Å². The fourth-order valence-electron chi connectivity index (χ4n) is 7.67. The second-order valence-electron chi connectivity index (χ2n) is 11.6.